The first-order valence-electron chi connectivity index (χ1n) is 5.68. The summed E-state index contributed by atoms with van der Waals surface area (Å²) in [5.74, 6) is 0.672. The van der Waals surface area contributed by atoms with Crippen molar-refractivity contribution in [1.29, 1.82) is 0 Å². The smallest absolute Gasteiger partial charge is 0.257 e. The molecule has 0 atom stereocenters. The summed E-state index contributed by atoms with van der Waals surface area (Å²) < 4.78 is 0. The summed E-state index contributed by atoms with van der Waals surface area (Å²) in [6.45, 7) is 0.748. The minimum atomic E-state index is 0.0727. The molecule has 16 heavy (non-hydrogen) atoms. The number of hydrogen-bond acceptors (Lipinski definition) is 2. The zero-order valence-electron chi connectivity index (χ0n) is 9.16. The summed E-state index contributed by atoms with van der Waals surface area (Å²) in [5.41, 5.74) is 0.640. The van der Waals surface area contributed by atoms with E-state index in [9.17, 15) is 4.79 Å². The van der Waals surface area contributed by atoms with Crippen molar-refractivity contribution < 1.29 is 4.79 Å². The van der Waals surface area contributed by atoms with Gasteiger partial charge in [0.1, 0.15) is 0 Å². The lowest BCUT2D eigenvalue weighted by atomic mass is 9.91. The van der Waals surface area contributed by atoms with Crippen molar-refractivity contribution in [3.05, 3.63) is 18.0 Å². The molecule has 1 aromatic heterocycles. The number of alkyl halides is 1. The molecule has 0 saturated heterocycles. The molecular formula is C11H16ClN3O. The molecule has 0 aromatic carbocycles. The maximum Gasteiger partial charge on any atom is 0.257 e. The Morgan fingerprint density at radius 2 is 2.44 bits per heavy atom. The van der Waals surface area contributed by atoms with E-state index in [0.717, 1.165) is 25.8 Å². The Morgan fingerprint density at radius 1 is 1.62 bits per heavy atom. The second kappa shape index (κ2) is 5.34. The number of aromatic amines is 1. The van der Waals surface area contributed by atoms with Crippen molar-refractivity contribution in [1.82, 2.24) is 15.1 Å². The molecule has 1 fully saturated rings. The quantitative estimate of drug-likeness (QED) is 0.802. The normalized spacial score (nSPS) is 15.8. The van der Waals surface area contributed by atoms with Gasteiger partial charge < -0.3 is 4.90 Å². The van der Waals surface area contributed by atoms with Gasteiger partial charge in [-0.25, -0.2) is 0 Å². The Morgan fingerprint density at radius 3 is 2.94 bits per heavy atom. The Labute approximate surface area is 100.0 Å². The largest absolute Gasteiger partial charge is 0.336 e. The summed E-state index contributed by atoms with van der Waals surface area (Å²) in [4.78, 5) is 14.1. The van der Waals surface area contributed by atoms with Crippen molar-refractivity contribution in [2.45, 2.75) is 31.7 Å². The predicted octanol–water partition coefficient (Wildman–Crippen LogP) is 2.03. The third-order valence-corrected chi connectivity index (χ3v) is 3.32. The number of halogens is 1. The molecule has 0 aliphatic heterocycles. The van der Waals surface area contributed by atoms with Crippen molar-refractivity contribution >= 4 is 17.5 Å². The monoisotopic (exact) mass is 241 g/mol. The SMILES string of the molecule is O=C(c1cn[nH]c1)N(CCCCl)C1CCC1. The highest BCUT2D eigenvalue weighted by Gasteiger charge is 2.29. The van der Waals surface area contributed by atoms with Crippen LogP contribution in [0.2, 0.25) is 0 Å². The van der Waals surface area contributed by atoms with Crippen LogP contribution in [0, 0.1) is 0 Å². The van der Waals surface area contributed by atoms with Gasteiger partial charge in [-0.05, 0) is 25.7 Å². The molecule has 5 heteroatoms. The Balaban J connectivity index is 2.02. The number of carbonyl (C=O) groups is 1. The maximum atomic E-state index is 12.2. The van der Waals surface area contributed by atoms with Crippen LogP contribution >= 0.6 is 11.6 Å². The van der Waals surface area contributed by atoms with Gasteiger partial charge in [-0.1, -0.05) is 0 Å². The molecule has 0 unspecified atom stereocenters. The van der Waals surface area contributed by atoms with Crippen LogP contribution in [0.1, 0.15) is 36.0 Å². The van der Waals surface area contributed by atoms with Gasteiger partial charge >= 0.3 is 0 Å². The minimum absolute atomic E-state index is 0.0727. The second-order valence-electron chi connectivity index (χ2n) is 4.11. The molecule has 4 nitrogen and oxygen atoms in total. The van der Waals surface area contributed by atoms with E-state index in [-0.39, 0.29) is 5.91 Å². The van der Waals surface area contributed by atoms with E-state index in [1.54, 1.807) is 12.4 Å². The van der Waals surface area contributed by atoms with Gasteiger partial charge in [-0.2, -0.15) is 5.10 Å². The van der Waals surface area contributed by atoms with Crippen molar-refractivity contribution in [2.75, 3.05) is 12.4 Å². The average molecular weight is 242 g/mol. The number of carbonyl (C=O) groups excluding carboxylic acids is 1. The molecule has 0 spiro atoms. The van der Waals surface area contributed by atoms with Gasteiger partial charge in [0.25, 0.3) is 5.91 Å². The molecular weight excluding hydrogens is 226 g/mol. The lowest BCUT2D eigenvalue weighted by molar-refractivity contribution is 0.0581. The van der Waals surface area contributed by atoms with Gasteiger partial charge in [-0.15, -0.1) is 11.6 Å². The number of amides is 1. The first-order valence-corrected chi connectivity index (χ1v) is 6.22. The number of hydrogen-bond donors (Lipinski definition) is 1. The molecule has 1 aromatic rings. The van der Waals surface area contributed by atoms with Gasteiger partial charge in [0, 0.05) is 24.7 Å². The zero-order valence-corrected chi connectivity index (χ0v) is 9.91. The highest BCUT2D eigenvalue weighted by Crippen LogP contribution is 2.26. The van der Waals surface area contributed by atoms with E-state index >= 15 is 0 Å². The van der Waals surface area contributed by atoms with E-state index in [1.807, 2.05) is 4.90 Å². The predicted molar refractivity (Wildman–Crippen MR) is 62.6 cm³/mol. The molecule has 1 aliphatic rings. The molecule has 0 bridgehead atoms. The number of nitrogens with one attached hydrogen (secondary N) is 1. The minimum Gasteiger partial charge on any atom is -0.336 e. The van der Waals surface area contributed by atoms with E-state index < -0.39 is 0 Å². The fourth-order valence-electron chi connectivity index (χ4n) is 1.91. The molecule has 1 heterocycles. The fourth-order valence-corrected chi connectivity index (χ4v) is 2.03. The van der Waals surface area contributed by atoms with E-state index in [0.29, 0.717) is 17.5 Å². The number of H-pyrrole nitrogens is 1. The van der Waals surface area contributed by atoms with Crippen LogP contribution < -0.4 is 0 Å². The van der Waals surface area contributed by atoms with Crippen molar-refractivity contribution in [3.63, 3.8) is 0 Å². The Bertz CT molecular complexity index is 335. The molecule has 88 valence electrons. The van der Waals surface area contributed by atoms with Crippen molar-refractivity contribution in [2.24, 2.45) is 0 Å². The summed E-state index contributed by atoms with van der Waals surface area (Å²) in [5, 5.41) is 6.48. The summed E-state index contributed by atoms with van der Waals surface area (Å²) in [6, 6.07) is 0.408. The fraction of sp³-hybridized carbons (Fsp3) is 0.636. The van der Waals surface area contributed by atoms with Crippen molar-refractivity contribution in [3.8, 4) is 0 Å². The van der Waals surface area contributed by atoms with E-state index in [2.05, 4.69) is 10.2 Å². The molecule has 1 saturated carbocycles. The lowest BCUT2D eigenvalue weighted by Crippen LogP contribution is -2.44. The van der Waals surface area contributed by atoms with Gasteiger partial charge in [0.2, 0.25) is 0 Å². The van der Waals surface area contributed by atoms with Crippen LogP contribution in [0.3, 0.4) is 0 Å². The van der Waals surface area contributed by atoms with Gasteiger partial charge in [0.15, 0.2) is 0 Å². The maximum absolute atomic E-state index is 12.2. The first-order chi connectivity index (χ1) is 7.83. The molecule has 1 N–H and O–H groups in total. The van der Waals surface area contributed by atoms with Crippen LogP contribution in [-0.4, -0.2) is 39.5 Å². The third-order valence-electron chi connectivity index (χ3n) is 3.05. The lowest BCUT2D eigenvalue weighted by Gasteiger charge is -2.37. The Hall–Kier alpha value is -1.03. The Kier molecular flexibility index (Phi) is 3.83. The van der Waals surface area contributed by atoms with Crippen LogP contribution in [-0.2, 0) is 0 Å². The number of rotatable bonds is 5. The first kappa shape index (κ1) is 11.5. The highest BCUT2D eigenvalue weighted by atomic mass is 35.5. The number of nitrogens with zero attached hydrogens (tertiary/aromatic N) is 2. The van der Waals surface area contributed by atoms with E-state index in [1.165, 1.54) is 6.42 Å². The standard InChI is InChI=1S/C11H16ClN3O/c12-5-2-6-15(10-3-1-4-10)11(16)9-7-13-14-8-9/h7-8,10H,1-6H2,(H,13,14). The second-order valence-corrected chi connectivity index (χ2v) is 4.49. The van der Waals surface area contributed by atoms with Crippen LogP contribution in [0.25, 0.3) is 0 Å². The van der Waals surface area contributed by atoms with Gasteiger partial charge in [-0.3, -0.25) is 9.89 Å². The topological polar surface area (TPSA) is 49.0 Å². The zero-order chi connectivity index (χ0) is 11.4. The summed E-state index contributed by atoms with van der Waals surface area (Å²) >= 11 is 5.68. The molecule has 2 rings (SSSR count). The average Bonchev–Trinajstić information content (AvgIpc) is 2.73. The third kappa shape index (κ3) is 2.38. The molecule has 1 aliphatic carbocycles. The van der Waals surface area contributed by atoms with E-state index in [4.69, 9.17) is 11.6 Å². The van der Waals surface area contributed by atoms with Crippen LogP contribution in [0.5, 0.6) is 0 Å². The van der Waals surface area contributed by atoms with Crippen LogP contribution in [0.4, 0.5) is 0 Å². The highest BCUT2D eigenvalue weighted by molar-refractivity contribution is 6.17. The number of aromatic nitrogens is 2. The summed E-state index contributed by atoms with van der Waals surface area (Å²) in [7, 11) is 0. The molecule has 1 amide bonds. The summed E-state index contributed by atoms with van der Waals surface area (Å²) in [6.07, 6.45) is 7.53. The molecule has 0 radical (unpaired) electrons. The van der Waals surface area contributed by atoms with Crippen LogP contribution in [0.15, 0.2) is 12.4 Å². The van der Waals surface area contributed by atoms with Gasteiger partial charge in [0.05, 0.1) is 11.8 Å².